The highest BCUT2D eigenvalue weighted by Crippen LogP contribution is 2.33. The zero-order chi connectivity index (χ0) is 20.8. The minimum atomic E-state index is -0.878. The molecule has 3 N–H and O–H groups in total. The number of benzene rings is 2. The molecule has 0 aliphatic heterocycles. The minimum absolute atomic E-state index is 0.150. The highest BCUT2D eigenvalue weighted by atomic mass is 16.5. The van der Waals surface area contributed by atoms with E-state index in [0.29, 0.717) is 5.82 Å². The molecule has 0 saturated carbocycles. The quantitative estimate of drug-likeness (QED) is 0.534. The third-order valence-corrected chi connectivity index (χ3v) is 4.68. The Morgan fingerprint density at radius 3 is 2.55 bits per heavy atom. The van der Waals surface area contributed by atoms with E-state index in [4.69, 9.17) is 15.6 Å². The molecular weight excluding hydrogens is 366 g/mol. The standard InChI is InChI=1S/C22H25N5O2/c1-13(2)27-21-18(20(23)24-12-25-21)19(26-27)16-6-5-15-10-17(8-7-14(15)9-16)29-11-22(3,4)28/h5-10,12-13,28H,11H2,1-4H3,(H2,23,24,25). The van der Waals surface area contributed by atoms with Gasteiger partial charge in [-0.25, -0.2) is 14.6 Å². The lowest BCUT2D eigenvalue weighted by molar-refractivity contribution is 0.0285. The molecule has 0 aliphatic rings. The minimum Gasteiger partial charge on any atom is -0.491 e. The molecule has 0 aliphatic carbocycles. The van der Waals surface area contributed by atoms with Gasteiger partial charge in [-0.05, 0) is 56.7 Å². The summed E-state index contributed by atoms with van der Waals surface area (Å²) in [4.78, 5) is 8.55. The van der Waals surface area contributed by atoms with Crippen molar-refractivity contribution in [3.05, 3.63) is 42.7 Å². The number of hydrogen-bond acceptors (Lipinski definition) is 6. The largest absolute Gasteiger partial charge is 0.491 e. The molecule has 0 saturated heterocycles. The zero-order valence-corrected chi connectivity index (χ0v) is 17.0. The number of nitrogen functional groups attached to an aromatic ring is 1. The van der Waals surface area contributed by atoms with Crippen LogP contribution in [0.15, 0.2) is 42.7 Å². The predicted octanol–water partition coefficient (Wildman–Crippen LogP) is 3.96. The van der Waals surface area contributed by atoms with Crippen LogP contribution in [0.1, 0.15) is 33.7 Å². The van der Waals surface area contributed by atoms with Crippen LogP contribution >= 0.6 is 0 Å². The fourth-order valence-electron chi connectivity index (χ4n) is 3.28. The monoisotopic (exact) mass is 391 g/mol. The molecule has 150 valence electrons. The van der Waals surface area contributed by atoms with E-state index in [0.717, 1.165) is 38.8 Å². The van der Waals surface area contributed by atoms with Crippen molar-refractivity contribution < 1.29 is 9.84 Å². The maximum absolute atomic E-state index is 9.85. The van der Waals surface area contributed by atoms with Crippen molar-refractivity contribution in [3.8, 4) is 17.0 Å². The van der Waals surface area contributed by atoms with Crippen LogP contribution in [0, 0.1) is 0 Å². The normalized spacial score (nSPS) is 12.2. The van der Waals surface area contributed by atoms with Gasteiger partial charge in [-0.15, -0.1) is 0 Å². The molecule has 2 heterocycles. The number of hydrogen-bond donors (Lipinski definition) is 2. The summed E-state index contributed by atoms with van der Waals surface area (Å²) in [6.07, 6.45) is 1.47. The number of rotatable bonds is 5. The first-order valence-corrected chi connectivity index (χ1v) is 9.61. The second kappa shape index (κ2) is 7.00. The van der Waals surface area contributed by atoms with Crippen molar-refractivity contribution in [1.29, 1.82) is 0 Å². The molecule has 0 radical (unpaired) electrons. The molecule has 29 heavy (non-hydrogen) atoms. The summed E-state index contributed by atoms with van der Waals surface area (Å²) in [5, 5.41) is 17.5. The lowest BCUT2D eigenvalue weighted by Crippen LogP contribution is -2.27. The van der Waals surface area contributed by atoms with Crippen LogP contribution in [0.4, 0.5) is 5.82 Å². The topological polar surface area (TPSA) is 99.1 Å². The Balaban J connectivity index is 1.77. The van der Waals surface area contributed by atoms with Crippen molar-refractivity contribution in [2.75, 3.05) is 12.3 Å². The van der Waals surface area contributed by atoms with Gasteiger partial charge in [-0.3, -0.25) is 0 Å². The second-order valence-corrected chi connectivity index (χ2v) is 8.17. The smallest absolute Gasteiger partial charge is 0.164 e. The molecule has 7 nitrogen and oxygen atoms in total. The Morgan fingerprint density at radius 1 is 1.10 bits per heavy atom. The summed E-state index contributed by atoms with van der Waals surface area (Å²) >= 11 is 0. The van der Waals surface area contributed by atoms with Gasteiger partial charge in [0.1, 0.15) is 30.2 Å². The Morgan fingerprint density at radius 2 is 1.83 bits per heavy atom. The number of nitrogens with zero attached hydrogens (tertiary/aromatic N) is 4. The first-order chi connectivity index (χ1) is 13.7. The first kappa shape index (κ1) is 19.1. The van der Waals surface area contributed by atoms with Gasteiger partial charge in [-0.1, -0.05) is 18.2 Å². The van der Waals surface area contributed by atoms with Gasteiger partial charge < -0.3 is 15.6 Å². The molecular formula is C22H25N5O2. The molecule has 2 aromatic heterocycles. The molecule has 0 bridgehead atoms. The molecule has 0 spiro atoms. The summed E-state index contributed by atoms with van der Waals surface area (Å²) in [7, 11) is 0. The van der Waals surface area contributed by atoms with Crippen molar-refractivity contribution in [2.24, 2.45) is 0 Å². The first-order valence-electron chi connectivity index (χ1n) is 9.61. The number of ether oxygens (including phenoxy) is 1. The highest BCUT2D eigenvalue weighted by Gasteiger charge is 2.19. The molecule has 7 heteroatoms. The summed E-state index contributed by atoms with van der Waals surface area (Å²) in [5.74, 6) is 1.15. The van der Waals surface area contributed by atoms with Crippen LogP contribution < -0.4 is 10.5 Å². The van der Waals surface area contributed by atoms with E-state index in [-0.39, 0.29) is 12.6 Å². The van der Waals surface area contributed by atoms with E-state index >= 15 is 0 Å². The van der Waals surface area contributed by atoms with E-state index in [1.54, 1.807) is 13.8 Å². The Kier molecular flexibility index (Phi) is 4.62. The molecule has 0 unspecified atom stereocenters. The van der Waals surface area contributed by atoms with Gasteiger partial charge in [0.15, 0.2) is 5.65 Å². The van der Waals surface area contributed by atoms with Crippen LogP contribution in [0.3, 0.4) is 0 Å². The summed E-state index contributed by atoms with van der Waals surface area (Å²) < 4.78 is 7.57. The molecule has 0 fully saturated rings. The van der Waals surface area contributed by atoms with Crippen LogP contribution in [-0.2, 0) is 0 Å². The maximum atomic E-state index is 9.85. The SMILES string of the molecule is CC(C)n1nc(-c2ccc3cc(OCC(C)(C)O)ccc3c2)c2c(N)ncnc21. The lowest BCUT2D eigenvalue weighted by Gasteiger charge is -2.18. The second-order valence-electron chi connectivity index (χ2n) is 8.17. The molecule has 0 amide bonds. The van der Waals surface area contributed by atoms with E-state index in [2.05, 4.69) is 29.9 Å². The van der Waals surface area contributed by atoms with Gasteiger partial charge in [0, 0.05) is 11.6 Å². The predicted molar refractivity (Wildman–Crippen MR) is 115 cm³/mol. The zero-order valence-electron chi connectivity index (χ0n) is 17.0. The van der Waals surface area contributed by atoms with E-state index in [9.17, 15) is 5.11 Å². The lowest BCUT2D eigenvalue weighted by atomic mass is 10.0. The third-order valence-electron chi connectivity index (χ3n) is 4.68. The Hall–Kier alpha value is -3.19. The highest BCUT2D eigenvalue weighted by molar-refractivity contribution is 6.00. The van der Waals surface area contributed by atoms with Gasteiger partial charge in [0.25, 0.3) is 0 Å². The molecule has 4 aromatic rings. The molecule has 2 aromatic carbocycles. The number of aromatic nitrogens is 4. The van der Waals surface area contributed by atoms with E-state index in [1.807, 2.05) is 35.0 Å². The van der Waals surface area contributed by atoms with Crippen molar-refractivity contribution in [2.45, 2.75) is 39.3 Å². The number of nitrogens with two attached hydrogens (primary N) is 1. The van der Waals surface area contributed by atoms with Crippen LogP contribution in [0.25, 0.3) is 33.1 Å². The number of aliphatic hydroxyl groups is 1. The maximum Gasteiger partial charge on any atom is 0.164 e. The summed E-state index contributed by atoms with van der Waals surface area (Å²) in [6, 6.07) is 12.1. The Labute approximate surface area is 169 Å². The van der Waals surface area contributed by atoms with Gasteiger partial charge >= 0.3 is 0 Å². The van der Waals surface area contributed by atoms with E-state index in [1.165, 1.54) is 6.33 Å². The van der Waals surface area contributed by atoms with Crippen LogP contribution in [0.2, 0.25) is 0 Å². The number of anilines is 1. The van der Waals surface area contributed by atoms with Crippen LogP contribution in [0.5, 0.6) is 5.75 Å². The molecule has 0 atom stereocenters. The average molecular weight is 391 g/mol. The van der Waals surface area contributed by atoms with Crippen molar-refractivity contribution >= 4 is 27.6 Å². The van der Waals surface area contributed by atoms with Gasteiger partial charge in [0.2, 0.25) is 0 Å². The third kappa shape index (κ3) is 3.73. The van der Waals surface area contributed by atoms with Crippen molar-refractivity contribution in [3.63, 3.8) is 0 Å². The fraction of sp³-hybridized carbons (Fsp3) is 0.318. The molecule has 4 rings (SSSR count). The fourth-order valence-corrected chi connectivity index (χ4v) is 3.28. The summed E-state index contributed by atoms with van der Waals surface area (Å²) in [6.45, 7) is 7.79. The van der Waals surface area contributed by atoms with Crippen molar-refractivity contribution in [1.82, 2.24) is 19.7 Å². The average Bonchev–Trinajstić information content (AvgIpc) is 3.06. The van der Waals surface area contributed by atoms with Crippen LogP contribution in [-0.4, -0.2) is 37.1 Å². The van der Waals surface area contributed by atoms with Gasteiger partial charge in [0.05, 0.1) is 11.0 Å². The number of fused-ring (bicyclic) bond motifs is 2. The Bertz CT molecular complexity index is 1190. The summed E-state index contributed by atoms with van der Waals surface area (Å²) in [5.41, 5.74) is 7.75. The van der Waals surface area contributed by atoms with E-state index < -0.39 is 5.60 Å². The van der Waals surface area contributed by atoms with Gasteiger partial charge in [-0.2, -0.15) is 5.10 Å².